The van der Waals surface area contributed by atoms with E-state index in [1.54, 1.807) is 24.5 Å². The van der Waals surface area contributed by atoms with Gasteiger partial charge in [-0.05, 0) is 30.7 Å². The van der Waals surface area contributed by atoms with E-state index in [9.17, 15) is 4.39 Å². The van der Waals surface area contributed by atoms with Crippen LogP contribution in [0.25, 0.3) is 0 Å². The summed E-state index contributed by atoms with van der Waals surface area (Å²) in [5.41, 5.74) is 1.79. The highest BCUT2D eigenvalue weighted by molar-refractivity contribution is 7.15. The van der Waals surface area contributed by atoms with Crippen LogP contribution in [-0.4, -0.2) is 26.2 Å². The molecule has 0 atom stereocenters. The lowest BCUT2D eigenvalue weighted by molar-refractivity contribution is 0.397. The maximum atomic E-state index is 13.1. The van der Waals surface area contributed by atoms with Crippen molar-refractivity contribution in [3.8, 4) is 5.88 Å². The van der Waals surface area contributed by atoms with Gasteiger partial charge in [0.2, 0.25) is 5.88 Å². The highest BCUT2D eigenvalue weighted by Crippen LogP contribution is 2.31. The monoisotopic (exact) mass is 295 g/mol. The predicted molar refractivity (Wildman–Crippen MR) is 81.5 cm³/mol. The van der Waals surface area contributed by atoms with Crippen LogP contribution in [-0.2, 0) is 6.54 Å². The van der Waals surface area contributed by atoms with Gasteiger partial charge in [0.1, 0.15) is 5.82 Å². The number of nitrogens with zero attached hydrogens (tertiary/aromatic N) is 2. The Bertz CT molecular complexity index is 598. The fourth-order valence-corrected chi connectivity index (χ4v) is 2.68. The molecule has 0 saturated heterocycles. The molecule has 1 aromatic heterocycles. The second-order valence-corrected chi connectivity index (χ2v) is 5.70. The maximum Gasteiger partial charge on any atom is 0.231 e. The Morgan fingerprint density at radius 3 is 2.75 bits per heavy atom. The molecule has 0 aliphatic carbocycles. The summed E-state index contributed by atoms with van der Waals surface area (Å²) in [5, 5.41) is 4.19. The van der Waals surface area contributed by atoms with Crippen molar-refractivity contribution in [2.75, 3.05) is 31.4 Å². The Morgan fingerprint density at radius 1 is 1.40 bits per heavy atom. The summed E-state index contributed by atoms with van der Waals surface area (Å²) in [6.07, 6.45) is 0. The Kier molecular flexibility index (Phi) is 4.44. The Hall–Kier alpha value is -1.82. The van der Waals surface area contributed by atoms with Gasteiger partial charge in [-0.1, -0.05) is 11.3 Å². The second kappa shape index (κ2) is 6.09. The molecule has 0 fully saturated rings. The zero-order valence-corrected chi connectivity index (χ0v) is 12.8. The fraction of sp³-hybridized carbons (Fsp3) is 0.357. The molecular formula is C14H18FN3OS. The van der Waals surface area contributed by atoms with Crippen LogP contribution in [0.5, 0.6) is 5.88 Å². The van der Waals surface area contributed by atoms with Crippen LogP contribution in [0.3, 0.4) is 0 Å². The van der Waals surface area contributed by atoms with Gasteiger partial charge in [-0.2, -0.15) is 4.98 Å². The lowest BCUT2D eigenvalue weighted by Crippen LogP contribution is -2.07. The molecular weight excluding hydrogens is 277 g/mol. The number of hydrogen-bond acceptors (Lipinski definition) is 5. The third kappa shape index (κ3) is 3.19. The van der Waals surface area contributed by atoms with Crippen molar-refractivity contribution >= 4 is 22.2 Å². The average molecular weight is 295 g/mol. The molecule has 1 aromatic carbocycles. The summed E-state index contributed by atoms with van der Waals surface area (Å²) in [4.78, 5) is 7.36. The number of nitrogens with one attached hydrogen (secondary N) is 1. The Labute approximate surface area is 122 Å². The van der Waals surface area contributed by atoms with Crippen LogP contribution in [0.2, 0.25) is 0 Å². The molecule has 0 spiro atoms. The SMILES string of the molecule is COc1nc(N(C)C)sc1CNc1ccc(F)cc1C. The second-order valence-electron chi connectivity index (χ2n) is 4.64. The quantitative estimate of drug-likeness (QED) is 0.918. The summed E-state index contributed by atoms with van der Waals surface area (Å²) in [6, 6.07) is 4.70. The summed E-state index contributed by atoms with van der Waals surface area (Å²) in [7, 11) is 5.50. The van der Waals surface area contributed by atoms with Crippen LogP contribution in [0.4, 0.5) is 15.2 Å². The molecule has 20 heavy (non-hydrogen) atoms. The number of rotatable bonds is 5. The van der Waals surface area contributed by atoms with Gasteiger partial charge in [0.25, 0.3) is 0 Å². The van der Waals surface area contributed by atoms with E-state index in [0.29, 0.717) is 12.4 Å². The van der Waals surface area contributed by atoms with E-state index in [0.717, 1.165) is 21.3 Å². The lowest BCUT2D eigenvalue weighted by atomic mass is 10.2. The number of thiazole rings is 1. The van der Waals surface area contributed by atoms with Crippen LogP contribution in [0.1, 0.15) is 10.4 Å². The number of hydrogen-bond donors (Lipinski definition) is 1. The predicted octanol–water partition coefficient (Wildman–Crippen LogP) is 3.28. The van der Waals surface area contributed by atoms with Crippen molar-refractivity contribution in [2.24, 2.45) is 0 Å². The van der Waals surface area contributed by atoms with Crippen LogP contribution >= 0.6 is 11.3 Å². The normalized spacial score (nSPS) is 10.4. The highest BCUT2D eigenvalue weighted by Gasteiger charge is 2.13. The molecule has 0 radical (unpaired) electrons. The first-order chi connectivity index (χ1) is 9.51. The minimum absolute atomic E-state index is 0.224. The molecule has 0 amide bonds. The van der Waals surface area contributed by atoms with Crippen molar-refractivity contribution in [1.29, 1.82) is 0 Å². The minimum atomic E-state index is -0.224. The van der Waals surface area contributed by atoms with Gasteiger partial charge in [-0.15, -0.1) is 0 Å². The molecule has 2 aromatic rings. The molecule has 0 saturated carbocycles. The Balaban J connectivity index is 2.14. The molecule has 1 heterocycles. The number of anilines is 2. The van der Waals surface area contributed by atoms with Gasteiger partial charge in [-0.3, -0.25) is 0 Å². The first kappa shape index (κ1) is 14.6. The third-order valence-corrected chi connectivity index (χ3v) is 4.06. The van der Waals surface area contributed by atoms with E-state index in [-0.39, 0.29) is 5.82 Å². The van der Waals surface area contributed by atoms with Crippen molar-refractivity contribution in [3.05, 3.63) is 34.5 Å². The topological polar surface area (TPSA) is 37.4 Å². The van der Waals surface area contributed by atoms with Crippen molar-refractivity contribution in [1.82, 2.24) is 4.98 Å². The first-order valence-electron chi connectivity index (χ1n) is 6.22. The number of methoxy groups -OCH3 is 1. The van der Waals surface area contributed by atoms with Gasteiger partial charge in [-0.25, -0.2) is 4.39 Å². The van der Waals surface area contributed by atoms with E-state index in [1.807, 2.05) is 25.9 Å². The molecule has 4 nitrogen and oxygen atoms in total. The zero-order chi connectivity index (χ0) is 14.7. The maximum absolute atomic E-state index is 13.1. The smallest absolute Gasteiger partial charge is 0.231 e. The van der Waals surface area contributed by atoms with Crippen molar-refractivity contribution in [2.45, 2.75) is 13.5 Å². The van der Waals surface area contributed by atoms with E-state index < -0.39 is 0 Å². The summed E-state index contributed by atoms with van der Waals surface area (Å²) in [5.74, 6) is 0.407. The summed E-state index contributed by atoms with van der Waals surface area (Å²) < 4.78 is 18.3. The molecule has 0 unspecified atom stereocenters. The molecule has 6 heteroatoms. The van der Waals surface area contributed by atoms with Gasteiger partial charge >= 0.3 is 0 Å². The number of aryl methyl sites for hydroxylation is 1. The van der Waals surface area contributed by atoms with E-state index >= 15 is 0 Å². The van der Waals surface area contributed by atoms with Gasteiger partial charge in [0.05, 0.1) is 18.5 Å². The Morgan fingerprint density at radius 2 is 2.15 bits per heavy atom. The van der Waals surface area contributed by atoms with Crippen molar-refractivity contribution < 1.29 is 9.13 Å². The van der Waals surface area contributed by atoms with E-state index in [1.165, 1.54) is 12.1 Å². The summed E-state index contributed by atoms with van der Waals surface area (Å²) in [6.45, 7) is 2.47. The van der Waals surface area contributed by atoms with Gasteiger partial charge in [0.15, 0.2) is 5.13 Å². The van der Waals surface area contributed by atoms with Crippen LogP contribution < -0.4 is 15.0 Å². The number of ether oxygens (including phenoxy) is 1. The molecule has 2 rings (SSSR count). The van der Waals surface area contributed by atoms with Gasteiger partial charge < -0.3 is 15.0 Å². The number of aromatic nitrogens is 1. The molecule has 0 aliphatic heterocycles. The number of benzene rings is 1. The fourth-order valence-electron chi connectivity index (χ4n) is 1.79. The molecule has 0 aliphatic rings. The van der Waals surface area contributed by atoms with Crippen molar-refractivity contribution in [3.63, 3.8) is 0 Å². The molecule has 1 N–H and O–H groups in total. The first-order valence-corrected chi connectivity index (χ1v) is 7.04. The lowest BCUT2D eigenvalue weighted by Gasteiger charge is -2.09. The number of halogens is 1. The summed E-state index contributed by atoms with van der Waals surface area (Å²) >= 11 is 1.57. The average Bonchev–Trinajstić information content (AvgIpc) is 2.81. The largest absolute Gasteiger partial charge is 0.480 e. The zero-order valence-electron chi connectivity index (χ0n) is 12.0. The van der Waals surface area contributed by atoms with Crippen LogP contribution in [0.15, 0.2) is 18.2 Å². The van der Waals surface area contributed by atoms with Gasteiger partial charge in [0, 0.05) is 19.8 Å². The molecule has 0 bridgehead atoms. The van der Waals surface area contributed by atoms with E-state index in [2.05, 4.69) is 10.3 Å². The minimum Gasteiger partial charge on any atom is -0.480 e. The van der Waals surface area contributed by atoms with Crippen LogP contribution in [0, 0.1) is 12.7 Å². The highest BCUT2D eigenvalue weighted by atomic mass is 32.1. The molecule has 108 valence electrons. The third-order valence-electron chi connectivity index (χ3n) is 2.85. The standard InChI is InChI=1S/C14H18FN3OS/c1-9-7-10(15)5-6-11(9)16-8-12-13(19-4)17-14(20-12)18(2)3/h5-7,16H,8H2,1-4H3. The van der Waals surface area contributed by atoms with E-state index in [4.69, 9.17) is 4.74 Å².